The van der Waals surface area contributed by atoms with Crippen molar-refractivity contribution in [1.82, 2.24) is 9.78 Å². The average Bonchev–Trinajstić information content (AvgIpc) is 3.39. The number of carbonyl (C=O) groups excluding carboxylic acids is 2. The van der Waals surface area contributed by atoms with Crippen molar-refractivity contribution in [3.05, 3.63) is 82.4 Å². The SMILES string of the molecule is CCC(=O)c1cc(C(=O)CCCc2cnn(C)c2)cc2c1OCC2c1ccc(F)cc1. The first kappa shape index (κ1) is 21.0. The summed E-state index contributed by atoms with van der Waals surface area (Å²) in [6, 6.07) is 9.79. The molecule has 0 spiro atoms. The highest BCUT2D eigenvalue weighted by molar-refractivity contribution is 6.04. The van der Waals surface area contributed by atoms with Gasteiger partial charge in [-0.3, -0.25) is 14.3 Å². The second kappa shape index (κ2) is 8.84. The fraction of sp³-hybridized carbons (Fsp3) is 0.320. The number of halogens is 1. The quantitative estimate of drug-likeness (QED) is 0.487. The summed E-state index contributed by atoms with van der Waals surface area (Å²) in [6.45, 7) is 2.16. The molecule has 0 saturated carbocycles. The second-order valence-electron chi connectivity index (χ2n) is 7.93. The number of aryl methyl sites for hydroxylation is 2. The summed E-state index contributed by atoms with van der Waals surface area (Å²) in [5.74, 6) is 0.0557. The molecule has 1 atom stereocenters. The first-order valence-electron chi connectivity index (χ1n) is 10.6. The Morgan fingerprint density at radius 2 is 1.97 bits per heavy atom. The number of nitrogens with zero attached hydrogens (tertiary/aromatic N) is 2. The smallest absolute Gasteiger partial charge is 0.166 e. The minimum absolute atomic E-state index is 0.00148. The van der Waals surface area contributed by atoms with Crippen LogP contribution >= 0.6 is 0 Å². The maximum atomic E-state index is 13.4. The summed E-state index contributed by atoms with van der Waals surface area (Å²) < 4.78 is 21.0. The minimum Gasteiger partial charge on any atom is -0.492 e. The molecule has 1 aromatic heterocycles. The number of fused-ring (bicyclic) bond motifs is 1. The number of ether oxygens (including phenoxy) is 1. The Bertz CT molecular complexity index is 1120. The molecule has 4 rings (SSSR count). The molecular weight excluding hydrogens is 395 g/mol. The molecule has 1 aliphatic rings. The summed E-state index contributed by atoms with van der Waals surface area (Å²) in [5.41, 5.74) is 3.80. The molecule has 31 heavy (non-hydrogen) atoms. The number of ketones is 2. The molecule has 0 N–H and O–H groups in total. The van der Waals surface area contributed by atoms with Crippen molar-refractivity contribution >= 4 is 11.6 Å². The first-order chi connectivity index (χ1) is 15.0. The highest BCUT2D eigenvalue weighted by Crippen LogP contribution is 2.42. The molecule has 160 valence electrons. The van der Waals surface area contributed by atoms with E-state index in [1.165, 1.54) is 12.1 Å². The van der Waals surface area contributed by atoms with Crippen LogP contribution in [0.15, 0.2) is 48.8 Å². The second-order valence-corrected chi connectivity index (χ2v) is 7.93. The van der Waals surface area contributed by atoms with Crippen molar-refractivity contribution < 1.29 is 18.7 Å². The third-order valence-electron chi connectivity index (χ3n) is 5.73. The monoisotopic (exact) mass is 420 g/mol. The van der Waals surface area contributed by atoms with E-state index in [-0.39, 0.29) is 23.3 Å². The van der Waals surface area contributed by atoms with Gasteiger partial charge in [0.05, 0.1) is 18.4 Å². The van der Waals surface area contributed by atoms with Gasteiger partial charge in [-0.15, -0.1) is 0 Å². The van der Waals surface area contributed by atoms with Gasteiger partial charge in [0.15, 0.2) is 11.6 Å². The molecule has 3 aromatic rings. The van der Waals surface area contributed by atoms with Crippen LogP contribution in [0.5, 0.6) is 5.75 Å². The summed E-state index contributed by atoms with van der Waals surface area (Å²) >= 11 is 0. The molecule has 0 fully saturated rings. The van der Waals surface area contributed by atoms with Gasteiger partial charge >= 0.3 is 0 Å². The standard InChI is InChI=1S/C25H25FN2O3/c1-3-23(29)21-12-18(24(30)6-4-5-16-13-27-28(2)14-16)11-20-22(15-31-25(20)21)17-7-9-19(26)10-8-17/h7-14,22H,3-6,15H2,1-2H3. The van der Waals surface area contributed by atoms with Gasteiger partial charge in [-0.1, -0.05) is 19.1 Å². The van der Waals surface area contributed by atoms with Crippen molar-refractivity contribution in [2.24, 2.45) is 7.05 Å². The summed E-state index contributed by atoms with van der Waals surface area (Å²) in [4.78, 5) is 25.6. The van der Waals surface area contributed by atoms with Gasteiger partial charge in [0.25, 0.3) is 0 Å². The first-order valence-corrected chi connectivity index (χ1v) is 10.6. The van der Waals surface area contributed by atoms with E-state index in [9.17, 15) is 14.0 Å². The maximum Gasteiger partial charge on any atom is 0.166 e. The van der Waals surface area contributed by atoms with Crippen LogP contribution in [-0.2, 0) is 13.5 Å². The van der Waals surface area contributed by atoms with E-state index in [4.69, 9.17) is 4.74 Å². The van der Waals surface area contributed by atoms with Gasteiger partial charge in [-0.05, 0) is 48.2 Å². The molecule has 5 nitrogen and oxygen atoms in total. The van der Waals surface area contributed by atoms with Gasteiger partial charge in [-0.25, -0.2) is 4.39 Å². The molecule has 1 unspecified atom stereocenters. The van der Waals surface area contributed by atoms with E-state index in [0.29, 0.717) is 42.7 Å². The number of Topliss-reactive ketones (excluding diaryl/α,β-unsaturated/α-hetero) is 2. The van der Waals surface area contributed by atoms with Crippen molar-refractivity contribution in [2.75, 3.05) is 6.61 Å². The van der Waals surface area contributed by atoms with Crippen molar-refractivity contribution in [3.63, 3.8) is 0 Å². The fourth-order valence-corrected chi connectivity index (χ4v) is 4.06. The van der Waals surface area contributed by atoms with Crippen molar-refractivity contribution in [2.45, 2.75) is 38.5 Å². The number of hydrogen-bond acceptors (Lipinski definition) is 4. The van der Waals surface area contributed by atoms with E-state index in [2.05, 4.69) is 5.10 Å². The molecule has 2 heterocycles. The van der Waals surface area contributed by atoms with Crippen LogP contribution in [-0.4, -0.2) is 28.0 Å². The maximum absolute atomic E-state index is 13.4. The van der Waals surface area contributed by atoms with E-state index >= 15 is 0 Å². The summed E-state index contributed by atoms with van der Waals surface area (Å²) in [6.07, 6.45) is 5.94. The fourth-order valence-electron chi connectivity index (χ4n) is 4.06. The van der Waals surface area contributed by atoms with Crippen LogP contribution in [0.4, 0.5) is 4.39 Å². The Hall–Kier alpha value is -3.28. The van der Waals surface area contributed by atoms with Crippen LogP contribution in [0, 0.1) is 5.82 Å². The Morgan fingerprint density at radius 3 is 2.65 bits per heavy atom. The summed E-state index contributed by atoms with van der Waals surface area (Å²) in [5, 5.41) is 4.15. The Labute approximate surface area is 180 Å². The van der Waals surface area contributed by atoms with E-state index in [1.807, 2.05) is 25.5 Å². The van der Waals surface area contributed by atoms with E-state index < -0.39 is 0 Å². The van der Waals surface area contributed by atoms with Gasteiger partial charge in [0, 0.05) is 43.1 Å². The molecule has 0 bridgehead atoms. The van der Waals surface area contributed by atoms with Crippen LogP contribution in [0.1, 0.15) is 69.5 Å². The zero-order valence-corrected chi connectivity index (χ0v) is 17.7. The molecule has 0 saturated heterocycles. The topological polar surface area (TPSA) is 61.2 Å². The van der Waals surface area contributed by atoms with Gasteiger partial charge in [0.1, 0.15) is 11.6 Å². The van der Waals surface area contributed by atoms with Gasteiger partial charge in [0.2, 0.25) is 0 Å². The lowest BCUT2D eigenvalue weighted by Crippen LogP contribution is -2.07. The molecule has 1 aliphatic heterocycles. The predicted molar refractivity (Wildman–Crippen MR) is 115 cm³/mol. The molecule has 0 amide bonds. The average molecular weight is 420 g/mol. The van der Waals surface area contributed by atoms with Crippen LogP contribution in [0.25, 0.3) is 0 Å². The normalized spacial score (nSPS) is 14.9. The number of rotatable bonds is 8. The number of aromatic nitrogens is 2. The lowest BCUT2D eigenvalue weighted by atomic mass is 9.88. The molecule has 6 heteroatoms. The molecule has 0 aliphatic carbocycles. The number of hydrogen-bond donors (Lipinski definition) is 0. The van der Waals surface area contributed by atoms with Gasteiger partial charge in [-0.2, -0.15) is 5.10 Å². The largest absolute Gasteiger partial charge is 0.492 e. The molecular formula is C25H25FN2O3. The van der Waals surface area contributed by atoms with E-state index in [1.54, 1.807) is 29.8 Å². The minimum atomic E-state index is -0.303. The van der Waals surface area contributed by atoms with E-state index in [0.717, 1.165) is 23.1 Å². The van der Waals surface area contributed by atoms with Gasteiger partial charge < -0.3 is 4.74 Å². The molecule has 2 aromatic carbocycles. The molecule has 0 radical (unpaired) electrons. The highest BCUT2D eigenvalue weighted by atomic mass is 19.1. The Kier molecular flexibility index (Phi) is 5.98. The third kappa shape index (κ3) is 4.43. The Morgan fingerprint density at radius 1 is 1.19 bits per heavy atom. The van der Waals surface area contributed by atoms with Crippen LogP contribution in [0.3, 0.4) is 0 Å². The lowest BCUT2D eigenvalue weighted by Gasteiger charge is -2.12. The summed E-state index contributed by atoms with van der Waals surface area (Å²) in [7, 11) is 1.87. The van der Waals surface area contributed by atoms with Crippen molar-refractivity contribution in [3.8, 4) is 5.75 Å². The zero-order chi connectivity index (χ0) is 22.0. The number of benzene rings is 2. The van der Waals surface area contributed by atoms with Crippen LogP contribution in [0.2, 0.25) is 0 Å². The Balaban J connectivity index is 1.60. The number of carbonyl (C=O) groups is 2. The van der Waals surface area contributed by atoms with Crippen LogP contribution < -0.4 is 4.74 Å². The third-order valence-corrected chi connectivity index (χ3v) is 5.73. The predicted octanol–water partition coefficient (Wildman–Crippen LogP) is 4.88. The van der Waals surface area contributed by atoms with Crippen molar-refractivity contribution in [1.29, 1.82) is 0 Å². The zero-order valence-electron chi connectivity index (χ0n) is 17.7. The lowest BCUT2D eigenvalue weighted by molar-refractivity contribution is 0.0980. The highest BCUT2D eigenvalue weighted by Gasteiger charge is 2.31.